The first-order valence-electron chi connectivity index (χ1n) is 4.22. The van der Waals surface area contributed by atoms with E-state index in [1.54, 1.807) is 20.9 Å². The van der Waals surface area contributed by atoms with E-state index < -0.39 is 12.0 Å². The fourth-order valence-corrected chi connectivity index (χ4v) is 0.779. The summed E-state index contributed by atoms with van der Waals surface area (Å²) in [6, 6.07) is -0.583. The van der Waals surface area contributed by atoms with Crippen LogP contribution in [0.15, 0.2) is 0 Å². The summed E-state index contributed by atoms with van der Waals surface area (Å²) in [7, 11) is 1.66. The molecule has 0 spiro atoms. The summed E-state index contributed by atoms with van der Waals surface area (Å²) in [6.07, 6.45) is 0. The van der Waals surface area contributed by atoms with Crippen molar-refractivity contribution in [2.45, 2.75) is 19.9 Å². The van der Waals surface area contributed by atoms with Crippen molar-refractivity contribution in [1.29, 1.82) is 0 Å². The number of hydrogen-bond acceptors (Lipinski definition) is 4. The molecule has 1 amide bonds. The van der Waals surface area contributed by atoms with Crippen molar-refractivity contribution < 1.29 is 14.3 Å². The van der Waals surface area contributed by atoms with Gasteiger partial charge in [0.2, 0.25) is 5.91 Å². The van der Waals surface area contributed by atoms with Crippen LogP contribution in [-0.4, -0.2) is 38.1 Å². The van der Waals surface area contributed by atoms with Crippen molar-refractivity contribution in [1.82, 2.24) is 10.6 Å². The molecule has 0 aromatic carbocycles. The van der Waals surface area contributed by atoms with Gasteiger partial charge in [0.05, 0.1) is 13.2 Å². The van der Waals surface area contributed by atoms with Crippen molar-refractivity contribution in [2.24, 2.45) is 0 Å². The molecule has 0 aromatic rings. The maximum atomic E-state index is 11.0. The maximum Gasteiger partial charge on any atom is 0.328 e. The Labute approximate surface area is 77.8 Å². The van der Waals surface area contributed by atoms with Crippen LogP contribution in [0, 0.1) is 0 Å². The Bertz CT molecular complexity index is 182. The zero-order valence-electron chi connectivity index (χ0n) is 8.22. The standard InChI is InChI=1S/C8H16N2O3/c1-4-13-8(12)6(2)10-7(11)5-9-3/h6,9H,4-5H2,1-3H3,(H,10,11). The summed E-state index contributed by atoms with van der Waals surface area (Å²) in [6.45, 7) is 3.83. The largest absolute Gasteiger partial charge is 0.464 e. The molecule has 0 saturated heterocycles. The smallest absolute Gasteiger partial charge is 0.328 e. The number of likely N-dealkylation sites (N-methyl/N-ethyl adjacent to an activating group) is 1. The van der Waals surface area contributed by atoms with Crippen LogP contribution in [0.1, 0.15) is 13.8 Å². The first kappa shape index (κ1) is 11.9. The first-order chi connectivity index (χ1) is 6.11. The van der Waals surface area contributed by atoms with Gasteiger partial charge in [-0.15, -0.1) is 0 Å². The van der Waals surface area contributed by atoms with Crippen molar-refractivity contribution in [2.75, 3.05) is 20.2 Å². The highest BCUT2D eigenvalue weighted by atomic mass is 16.5. The monoisotopic (exact) mass is 188 g/mol. The molecule has 0 bridgehead atoms. The molecule has 0 radical (unpaired) electrons. The van der Waals surface area contributed by atoms with Gasteiger partial charge in [-0.2, -0.15) is 0 Å². The number of carbonyl (C=O) groups excluding carboxylic acids is 2. The molecule has 0 aromatic heterocycles. The summed E-state index contributed by atoms with van der Waals surface area (Å²) in [5.74, 6) is -0.630. The van der Waals surface area contributed by atoms with E-state index in [0.29, 0.717) is 6.61 Å². The van der Waals surface area contributed by atoms with E-state index in [-0.39, 0.29) is 12.5 Å². The van der Waals surface area contributed by atoms with Crippen LogP contribution < -0.4 is 10.6 Å². The zero-order chi connectivity index (χ0) is 10.3. The van der Waals surface area contributed by atoms with Gasteiger partial charge in [0.1, 0.15) is 6.04 Å². The van der Waals surface area contributed by atoms with Crippen LogP contribution in [0.2, 0.25) is 0 Å². The lowest BCUT2D eigenvalue weighted by atomic mass is 10.3. The Morgan fingerprint density at radius 3 is 2.54 bits per heavy atom. The molecule has 2 N–H and O–H groups in total. The van der Waals surface area contributed by atoms with E-state index in [1.807, 2.05) is 0 Å². The lowest BCUT2D eigenvalue weighted by molar-refractivity contribution is -0.146. The Morgan fingerprint density at radius 1 is 1.46 bits per heavy atom. The number of esters is 1. The molecule has 76 valence electrons. The second-order valence-corrected chi connectivity index (χ2v) is 2.57. The highest BCUT2D eigenvalue weighted by Crippen LogP contribution is 1.87. The van der Waals surface area contributed by atoms with Crippen molar-refractivity contribution in [3.63, 3.8) is 0 Å². The third kappa shape index (κ3) is 5.19. The van der Waals surface area contributed by atoms with Gasteiger partial charge in [-0.25, -0.2) is 4.79 Å². The molecule has 13 heavy (non-hydrogen) atoms. The molecule has 5 heteroatoms. The molecule has 0 rings (SSSR count). The van der Waals surface area contributed by atoms with Crippen molar-refractivity contribution >= 4 is 11.9 Å². The average molecular weight is 188 g/mol. The molecular formula is C8H16N2O3. The van der Waals surface area contributed by atoms with Gasteiger partial charge in [0.15, 0.2) is 0 Å². The quantitative estimate of drug-likeness (QED) is 0.558. The summed E-state index contributed by atoms with van der Waals surface area (Å²) >= 11 is 0. The van der Waals surface area contributed by atoms with Gasteiger partial charge in [-0.3, -0.25) is 4.79 Å². The minimum absolute atomic E-state index is 0.198. The Hall–Kier alpha value is -1.10. The van der Waals surface area contributed by atoms with Crippen LogP contribution in [0.4, 0.5) is 0 Å². The third-order valence-corrected chi connectivity index (χ3v) is 1.35. The van der Waals surface area contributed by atoms with Gasteiger partial charge < -0.3 is 15.4 Å². The summed E-state index contributed by atoms with van der Waals surface area (Å²) < 4.78 is 4.71. The van der Waals surface area contributed by atoms with Gasteiger partial charge in [-0.1, -0.05) is 0 Å². The Morgan fingerprint density at radius 2 is 2.08 bits per heavy atom. The molecule has 1 atom stereocenters. The maximum absolute atomic E-state index is 11.0. The van der Waals surface area contributed by atoms with E-state index in [9.17, 15) is 9.59 Å². The molecule has 5 nitrogen and oxygen atoms in total. The topological polar surface area (TPSA) is 67.4 Å². The van der Waals surface area contributed by atoms with E-state index >= 15 is 0 Å². The fourth-order valence-electron chi connectivity index (χ4n) is 0.779. The van der Waals surface area contributed by atoms with Crippen molar-refractivity contribution in [3.8, 4) is 0 Å². The third-order valence-electron chi connectivity index (χ3n) is 1.35. The Balaban J connectivity index is 3.78. The van der Waals surface area contributed by atoms with Gasteiger partial charge >= 0.3 is 5.97 Å². The van der Waals surface area contributed by atoms with E-state index in [4.69, 9.17) is 4.74 Å². The highest BCUT2D eigenvalue weighted by Gasteiger charge is 2.15. The first-order valence-corrected chi connectivity index (χ1v) is 4.22. The SMILES string of the molecule is CCOC(=O)C(C)NC(=O)CNC. The van der Waals surface area contributed by atoms with Crippen LogP contribution in [0.5, 0.6) is 0 Å². The normalized spacial score (nSPS) is 11.9. The van der Waals surface area contributed by atoms with E-state index in [1.165, 1.54) is 0 Å². The predicted octanol–water partition coefficient (Wildman–Crippen LogP) is -0.726. The second kappa shape index (κ2) is 6.42. The van der Waals surface area contributed by atoms with Crippen LogP contribution in [-0.2, 0) is 14.3 Å². The molecule has 0 aliphatic carbocycles. The summed E-state index contributed by atoms with van der Waals surface area (Å²) in [5, 5.41) is 5.17. The van der Waals surface area contributed by atoms with Crippen LogP contribution in [0.3, 0.4) is 0 Å². The number of hydrogen-bond donors (Lipinski definition) is 2. The Kier molecular flexibility index (Phi) is 5.88. The minimum Gasteiger partial charge on any atom is -0.464 e. The van der Waals surface area contributed by atoms with Gasteiger partial charge in [0.25, 0.3) is 0 Å². The minimum atomic E-state index is -0.583. The molecular weight excluding hydrogens is 172 g/mol. The molecule has 0 aliphatic heterocycles. The number of rotatable bonds is 5. The zero-order valence-corrected chi connectivity index (χ0v) is 8.22. The average Bonchev–Trinajstić information content (AvgIpc) is 2.05. The lowest BCUT2D eigenvalue weighted by Gasteiger charge is -2.11. The highest BCUT2D eigenvalue weighted by molar-refractivity contribution is 5.85. The lowest BCUT2D eigenvalue weighted by Crippen LogP contribution is -2.43. The summed E-state index contributed by atoms with van der Waals surface area (Å²) in [4.78, 5) is 22.0. The number of carbonyl (C=O) groups is 2. The molecule has 0 saturated carbocycles. The summed E-state index contributed by atoms with van der Waals surface area (Å²) in [5.41, 5.74) is 0. The predicted molar refractivity (Wildman–Crippen MR) is 48.2 cm³/mol. The van der Waals surface area contributed by atoms with Gasteiger partial charge in [-0.05, 0) is 20.9 Å². The van der Waals surface area contributed by atoms with Crippen LogP contribution in [0.25, 0.3) is 0 Å². The van der Waals surface area contributed by atoms with Gasteiger partial charge in [0, 0.05) is 0 Å². The second-order valence-electron chi connectivity index (χ2n) is 2.57. The molecule has 0 aliphatic rings. The van der Waals surface area contributed by atoms with Crippen LogP contribution >= 0.6 is 0 Å². The number of ether oxygens (including phenoxy) is 1. The van der Waals surface area contributed by atoms with E-state index in [2.05, 4.69) is 10.6 Å². The fraction of sp³-hybridized carbons (Fsp3) is 0.750. The molecule has 0 heterocycles. The molecule has 1 unspecified atom stereocenters. The van der Waals surface area contributed by atoms with E-state index in [0.717, 1.165) is 0 Å². The molecule has 0 fully saturated rings. The number of nitrogens with one attached hydrogen (secondary N) is 2. The number of amides is 1. The van der Waals surface area contributed by atoms with Crippen molar-refractivity contribution in [3.05, 3.63) is 0 Å².